The van der Waals surface area contributed by atoms with Crippen LogP contribution in [0.15, 0.2) is 10.5 Å². The first-order valence-electron chi connectivity index (χ1n) is 5.33. The summed E-state index contributed by atoms with van der Waals surface area (Å²) in [5.74, 6) is -1.87. The van der Waals surface area contributed by atoms with Crippen LogP contribution in [0.1, 0.15) is 19.0 Å². The number of hydrogen-bond acceptors (Lipinski definition) is 6. The number of thiazole rings is 1. The lowest BCUT2D eigenvalue weighted by molar-refractivity contribution is -0.129. The van der Waals surface area contributed by atoms with Gasteiger partial charge in [-0.15, -0.1) is 22.9 Å². The van der Waals surface area contributed by atoms with Crippen LogP contribution in [0.2, 0.25) is 0 Å². The van der Waals surface area contributed by atoms with E-state index in [0.717, 1.165) is 11.3 Å². The number of hydrogen-bond donors (Lipinski definition) is 2. The lowest BCUT2D eigenvalue weighted by Crippen LogP contribution is -2.16. The van der Waals surface area contributed by atoms with Crippen molar-refractivity contribution in [3.63, 3.8) is 0 Å². The molecule has 1 amide bonds. The van der Waals surface area contributed by atoms with Crippen molar-refractivity contribution in [3.8, 4) is 0 Å². The predicted molar refractivity (Wildman–Crippen MR) is 71.9 cm³/mol. The van der Waals surface area contributed by atoms with E-state index in [0.29, 0.717) is 13.0 Å². The van der Waals surface area contributed by atoms with Gasteiger partial charge in [0, 0.05) is 5.38 Å². The summed E-state index contributed by atoms with van der Waals surface area (Å²) < 4.78 is 0. The molecular formula is C10H12ClN3O4S. The maximum Gasteiger partial charge on any atom is 0.360 e. The van der Waals surface area contributed by atoms with Gasteiger partial charge >= 0.3 is 5.97 Å². The van der Waals surface area contributed by atoms with Gasteiger partial charge in [-0.25, -0.2) is 9.78 Å². The van der Waals surface area contributed by atoms with Gasteiger partial charge in [0.2, 0.25) is 11.6 Å². The molecule has 0 radical (unpaired) electrons. The number of nitrogens with zero attached hydrogens (tertiary/aromatic N) is 2. The predicted octanol–water partition coefficient (Wildman–Crippen LogP) is 1.54. The van der Waals surface area contributed by atoms with E-state index in [-0.39, 0.29) is 22.4 Å². The van der Waals surface area contributed by atoms with Gasteiger partial charge in [0.15, 0.2) is 5.13 Å². The molecule has 0 aliphatic carbocycles. The summed E-state index contributed by atoms with van der Waals surface area (Å²) in [7, 11) is 0. The van der Waals surface area contributed by atoms with Crippen molar-refractivity contribution in [2.75, 3.05) is 17.8 Å². The number of aromatic nitrogens is 1. The fraction of sp³-hybridized carbons (Fsp3) is 0.400. The minimum atomic E-state index is -1.25. The largest absolute Gasteiger partial charge is 0.476 e. The van der Waals surface area contributed by atoms with E-state index in [2.05, 4.69) is 15.5 Å². The number of carboxylic acids is 1. The standard InChI is InChI=1S/C10H12ClN3O4S/c1-2-3-18-14-8(9(16)17)6-5-19-10(12-6)13-7(15)4-11/h5H,2-4H2,1H3,(H,16,17)(H,12,13,15)/b14-8-. The molecule has 7 nitrogen and oxygen atoms in total. The lowest BCUT2D eigenvalue weighted by Gasteiger charge is -1.99. The molecule has 1 aromatic heterocycles. The molecule has 1 rings (SSSR count). The molecule has 0 aliphatic heterocycles. The van der Waals surface area contributed by atoms with E-state index in [4.69, 9.17) is 21.5 Å². The highest BCUT2D eigenvalue weighted by Crippen LogP contribution is 2.16. The molecule has 0 aromatic carbocycles. The highest BCUT2D eigenvalue weighted by atomic mass is 35.5. The molecule has 0 fully saturated rings. The monoisotopic (exact) mass is 305 g/mol. The van der Waals surface area contributed by atoms with E-state index in [1.54, 1.807) is 0 Å². The topological polar surface area (TPSA) is 101 Å². The summed E-state index contributed by atoms with van der Waals surface area (Å²) in [5, 5.41) is 16.7. The number of aliphatic carboxylic acids is 1. The first-order valence-corrected chi connectivity index (χ1v) is 6.74. The van der Waals surface area contributed by atoms with E-state index in [1.165, 1.54) is 5.38 Å². The zero-order chi connectivity index (χ0) is 14.3. The first kappa shape index (κ1) is 15.4. The molecule has 1 heterocycles. The molecule has 0 atom stereocenters. The highest BCUT2D eigenvalue weighted by molar-refractivity contribution is 7.14. The number of nitrogens with one attached hydrogen (secondary N) is 1. The van der Waals surface area contributed by atoms with Gasteiger partial charge in [-0.05, 0) is 6.42 Å². The summed E-state index contributed by atoms with van der Waals surface area (Å²) in [5.41, 5.74) is -0.186. The summed E-state index contributed by atoms with van der Waals surface area (Å²) in [6.07, 6.45) is 0.713. The molecule has 0 spiro atoms. The van der Waals surface area contributed by atoms with Crippen molar-refractivity contribution < 1.29 is 19.5 Å². The Morgan fingerprint density at radius 1 is 1.63 bits per heavy atom. The molecule has 19 heavy (non-hydrogen) atoms. The second kappa shape index (κ2) is 7.70. The van der Waals surface area contributed by atoms with E-state index >= 15 is 0 Å². The number of carbonyl (C=O) groups excluding carboxylic acids is 1. The Morgan fingerprint density at radius 2 is 2.37 bits per heavy atom. The van der Waals surface area contributed by atoms with E-state index in [9.17, 15) is 9.59 Å². The maximum atomic E-state index is 11.1. The van der Waals surface area contributed by atoms with Gasteiger partial charge in [0.25, 0.3) is 0 Å². The number of carbonyl (C=O) groups is 2. The van der Waals surface area contributed by atoms with Crippen molar-refractivity contribution in [1.29, 1.82) is 0 Å². The van der Waals surface area contributed by atoms with Crippen LogP contribution in [-0.2, 0) is 14.4 Å². The number of oxime groups is 1. The Balaban J connectivity index is 2.83. The quantitative estimate of drug-likeness (QED) is 0.344. The normalized spacial score (nSPS) is 11.2. The SMILES string of the molecule is CCCO/N=C(\C(=O)O)c1csc(NC(=O)CCl)n1. The van der Waals surface area contributed by atoms with Crippen LogP contribution < -0.4 is 5.32 Å². The third-order valence-electron chi connectivity index (χ3n) is 1.77. The van der Waals surface area contributed by atoms with Crippen LogP contribution in [0.4, 0.5) is 5.13 Å². The highest BCUT2D eigenvalue weighted by Gasteiger charge is 2.18. The van der Waals surface area contributed by atoms with E-state index < -0.39 is 11.9 Å². The molecule has 1 aromatic rings. The minimum Gasteiger partial charge on any atom is -0.476 e. The van der Waals surface area contributed by atoms with Crippen LogP contribution in [0, 0.1) is 0 Å². The smallest absolute Gasteiger partial charge is 0.360 e. The van der Waals surface area contributed by atoms with Gasteiger partial charge in [-0.2, -0.15) is 0 Å². The van der Waals surface area contributed by atoms with Crippen molar-refractivity contribution >= 4 is 45.7 Å². The molecular weight excluding hydrogens is 294 g/mol. The van der Waals surface area contributed by atoms with Gasteiger partial charge in [-0.3, -0.25) is 4.79 Å². The molecule has 2 N–H and O–H groups in total. The van der Waals surface area contributed by atoms with Crippen molar-refractivity contribution in [1.82, 2.24) is 4.98 Å². The van der Waals surface area contributed by atoms with Crippen LogP contribution in [0.5, 0.6) is 0 Å². The van der Waals surface area contributed by atoms with Crippen LogP contribution in [-0.4, -0.2) is 40.2 Å². The lowest BCUT2D eigenvalue weighted by atomic mass is 10.3. The fourth-order valence-corrected chi connectivity index (χ4v) is 1.77. The Morgan fingerprint density at radius 3 is 2.95 bits per heavy atom. The Bertz CT molecular complexity index is 489. The Hall–Kier alpha value is -1.67. The van der Waals surface area contributed by atoms with Gasteiger partial charge < -0.3 is 15.3 Å². The van der Waals surface area contributed by atoms with Crippen molar-refractivity contribution in [2.24, 2.45) is 5.16 Å². The number of carboxylic acid groups (broad SMARTS) is 1. The Kier molecular flexibility index (Phi) is 6.23. The summed E-state index contributed by atoms with van der Waals surface area (Å²) in [4.78, 5) is 30.9. The first-order chi connectivity index (χ1) is 9.08. The fourth-order valence-electron chi connectivity index (χ4n) is 0.989. The average Bonchev–Trinajstić information content (AvgIpc) is 2.82. The molecule has 0 unspecified atom stereocenters. The summed E-state index contributed by atoms with van der Waals surface area (Å²) in [6.45, 7) is 2.19. The van der Waals surface area contributed by atoms with Crippen molar-refractivity contribution in [2.45, 2.75) is 13.3 Å². The van der Waals surface area contributed by atoms with Crippen LogP contribution in [0.25, 0.3) is 0 Å². The number of anilines is 1. The van der Waals surface area contributed by atoms with E-state index in [1.807, 2.05) is 6.92 Å². The number of alkyl halides is 1. The third kappa shape index (κ3) is 4.84. The second-order valence-electron chi connectivity index (χ2n) is 3.30. The molecule has 0 saturated carbocycles. The van der Waals surface area contributed by atoms with Crippen molar-refractivity contribution in [3.05, 3.63) is 11.1 Å². The minimum absolute atomic E-state index is 0.124. The maximum absolute atomic E-state index is 11.1. The number of amides is 1. The summed E-state index contributed by atoms with van der Waals surface area (Å²) in [6, 6.07) is 0. The Labute approximate surface area is 118 Å². The van der Waals surface area contributed by atoms with Crippen LogP contribution >= 0.6 is 22.9 Å². The molecule has 0 bridgehead atoms. The second-order valence-corrected chi connectivity index (χ2v) is 4.42. The molecule has 0 aliphatic rings. The zero-order valence-corrected chi connectivity index (χ0v) is 11.6. The average molecular weight is 306 g/mol. The number of halogens is 1. The van der Waals surface area contributed by atoms with Gasteiger partial charge in [0.05, 0.1) is 0 Å². The zero-order valence-electron chi connectivity index (χ0n) is 10.1. The molecule has 9 heteroatoms. The van der Waals surface area contributed by atoms with Crippen LogP contribution in [0.3, 0.4) is 0 Å². The van der Waals surface area contributed by atoms with Gasteiger partial charge in [0.1, 0.15) is 18.2 Å². The van der Waals surface area contributed by atoms with Gasteiger partial charge in [-0.1, -0.05) is 12.1 Å². The number of rotatable bonds is 7. The molecule has 0 saturated heterocycles. The third-order valence-corrected chi connectivity index (χ3v) is 2.77. The summed E-state index contributed by atoms with van der Waals surface area (Å²) >= 11 is 6.41. The molecule has 104 valence electrons.